The number of methoxy groups -OCH3 is 4. The molecule has 1 unspecified atom stereocenters. The van der Waals surface area contributed by atoms with Gasteiger partial charge in [0.15, 0.2) is 11.9 Å². The highest BCUT2D eigenvalue weighted by Gasteiger charge is 2.65. The highest BCUT2D eigenvalue weighted by atomic mass is 35.5. The van der Waals surface area contributed by atoms with Crippen LogP contribution in [0.1, 0.15) is 258 Å². The fraction of sp³-hybridized carbons (Fsp3) is 0.475. The molecule has 33 heteroatoms. The number of piperidine rings is 2. The molecule has 10 aromatic rings. The largest absolute Gasteiger partial charge is 0.480 e. The first kappa shape index (κ1) is 62.5. The minimum absolute atomic E-state index is 0.0332. The lowest BCUT2D eigenvalue weighted by Gasteiger charge is -2.37. The Morgan fingerprint density at radius 2 is 1.01 bits per heavy atom. The molecule has 28 nitrogen and oxygen atoms in total. The van der Waals surface area contributed by atoms with Gasteiger partial charge in [0.2, 0.25) is 5.91 Å². The van der Waals surface area contributed by atoms with E-state index >= 15 is 17.6 Å². The third kappa shape index (κ3) is 18.6. The fourth-order valence-corrected chi connectivity index (χ4v) is 20.4. The van der Waals surface area contributed by atoms with Crippen molar-refractivity contribution in [2.45, 2.75) is 217 Å². The van der Waals surface area contributed by atoms with Gasteiger partial charge in [-0.25, -0.2) is 43.7 Å². The van der Waals surface area contributed by atoms with Gasteiger partial charge in [0.05, 0.1) is 93.6 Å². The molecule has 7 aliphatic carbocycles. The summed E-state index contributed by atoms with van der Waals surface area (Å²) in [6.45, 7) is -29.8. The Balaban J connectivity index is 0.000000188. The molecule has 12 N–H and O–H groups in total. The van der Waals surface area contributed by atoms with E-state index in [1.807, 2.05) is 41.7 Å². The Bertz CT molecular complexity index is 7630. The van der Waals surface area contributed by atoms with E-state index < -0.39 is 190 Å². The number of aromatic nitrogens is 7. The van der Waals surface area contributed by atoms with Crippen molar-refractivity contribution >= 4 is 81.1 Å². The first-order valence-corrected chi connectivity index (χ1v) is 43.3. The number of nitrogens with one attached hydrogen (secondary N) is 8. The number of carboxylic acid groups (broad SMARTS) is 2. The number of hydrogen-bond donors (Lipinski definition) is 11. The van der Waals surface area contributed by atoms with Crippen LogP contribution >= 0.6 is 11.6 Å². The van der Waals surface area contributed by atoms with Gasteiger partial charge in [0, 0.05) is 113 Å². The zero-order chi connectivity index (χ0) is 123. The van der Waals surface area contributed by atoms with Gasteiger partial charge in [-0.3, -0.25) is 14.1 Å². The summed E-state index contributed by atoms with van der Waals surface area (Å²) in [4.78, 5) is 126. The third-order valence-electron chi connectivity index (χ3n) is 27.5. The van der Waals surface area contributed by atoms with Crippen LogP contribution in [-0.2, 0) is 50.0 Å². The number of likely N-dealkylation sites (tertiary alicyclic amines) is 2. The number of aromatic amines is 4. The molecular formula is C101H118ClF4N14O14+. The maximum atomic E-state index is 16.9. The molecule has 3 saturated heterocycles. The highest BCUT2D eigenvalue weighted by molar-refractivity contribution is 6.61. The third-order valence-corrected chi connectivity index (χ3v) is 27.6. The number of alkyl halides is 4. The normalized spacial score (nSPS) is 28.8. The van der Waals surface area contributed by atoms with E-state index in [9.17, 15) is 41.1 Å². The number of aliphatic carboxylic acids is 2. The van der Waals surface area contributed by atoms with Gasteiger partial charge in [-0.2, -0.15) is 17.6 Å². The van der Waals surface area contributed by atoms with E-state index in [0.717, 1.165) is 65.5 Å². The smallest absolute Gasteiger partial charge is 0.407 e. The zero-order valence-electron chi connectivity index (χ0n) is 105. The summed E-state index contributed by atoms with van der Waals surface area (Å²) < 4.78 is 330. The predicted molar refractivity (Wildman–Crippen MR) is 497 cm³/mol. The first-order valence-electron chi connectivity index (χ1n) is 59.0. The van der Waals surface area contributed by atoms with Crippen molar-refractivity contribution in [2.24, 2.45) is 52.0 Å². The van der Waals surface area contributed by atoms with Crippen molar-refractivity contribution in [1.82, 2.24) is 61.1 Å². The maximum absolute atomic E-state index is 16.9. The molecule has 710 valence electrons. The Morgan fingerprint density at radius 3 is 1.51 bits per heavy atom. The summed E-state index contributed by atoms with van der Waals surface area (Å²) in [5.41, 5.74) is 14.2. The number of fused-ring (bicyclic) bond motifs is 12. The van der Waals surface area contributed by atoms with Crippen LogP contribution in [0, 0.1) is 46.2 Å². The summed E-state index contributed by atoms with van der Waals surface area (Å²) in [7, 11) is 5.10. The molecule has 6 aromatic carbocycles. The topological polar surface area (TPSA) is 393 Å². The molecule has 8 fully saturated rings. The highest BCUT2D eigenvalue weighted by Crippen LogP contribution is 2.64. The SMILES string of the molecule is COC(=O)Cl.FC1(F)c2cc(-c3ccc4nc([C@H]5N[C@@H]6CC[C@H]5C6)[nH]c4c3)ccc2-c2ccc(-c3ccc([C@H]4CCC5(CC5)C4)[nH]3)cc21.[2H]C([2H])([2H])C([2H])(C([2H])([2H])[2H])[C@@]([2H])(N)C(=O)O.[2H]C([2H])([2H])C([2H])(C([2H])([2H])[2H])[C@@]([2H])(NC(=O)OC)C(=O)N1[C@@H]2CC[C@@H](C2)[C@H]1c1nc2ccc(-c3ccc4c(c3)C(F)(F)c3cc(-c5cnc([C@@H]6CC7(CC7)C[N+]6(C)C(=O)[C@]([2H])(NC(=O)OC)C([2H])(C([2H])([2H])[2H])C([2H])([2H])[2H])[nH]5)ccc3-4)cc2[nH]1.[2H]C([2H])([2H])C([2H])(C([2H])([2H])[2H])[C@@]([2H])(NC(=O)OC)C(=O)O. The van der Waals surface area contributed by atoms with Crippen LogP contribution in [0.5, 0.6) is 0 Å². The van der Waals surface area contributed by atoms with Crippen molar-refractivity contribution < 1.29 is 133 Å². The van der Waals surface area contributed by atoms with Crippen LogP contribution in [0.15, 0.2) is 128 Å². The number of carboxylic acids is 2. The number of carbonyl (C=O) groups excluding carboxylic acids is 6. The number of likely N-dealkylation sites (N-methyl/N-ethyl adjacent to an activating group) is 1. The monoisotopic (exact) mass is 1890 g/mol. The second-order valence-corrected chi connectivity index (χ2v) is 35.8. The van der Waals surface area contributed by atoms with Crippen molar-refractivity contribution in [3.63, 3.8) is 0 Å². The Morgan fingerprint density at radius 1 is 0.530 bits per heavy atom. The standard InChI is InChI=1S/C50H56F2N8O6.C37H34F2N4.C7H13NO4.C5H11NO2.C2H3ClO2/c1-25(2)40(57-47(63)65-6)45(61)59-31-12-8-30(18-31)42(59)44-54-36-15-11-28(21-37(36)55-44)27-9-13-32-33-14-10-29(20-35(33)50(51,52)34(32)19-27)38-23-53-43(56-38)39-22-49(16-17-49)24-60(39,5)46(62)41(26(3)4)58-48(64)66-7;38-37(39)28-16-20(21-4-8-32-33(18-21)43-35(42-32)34-23-1-5-25(15-23)40-34)2-6-26(28)27-7-3-22(17-29(27)37)30-9-10-31(41-30)24-11-12-36(19-24)13-14-36;1-4(2)5(6(9)10)8-7(11)12-3;1-3(2)4(6)5(7)8;1-5-2(3)4/h9-11,13-15,19-21,23,25-26,30-31,39-42H,8,12,16-18,22,24H2,1-7H3,(H3-,53,54,55,56,57,58,63,64);2-4,6-10,16-18,23-25,34,40-41H,1,5,11-15,19H2,(H,42,43);4-5H,1-3H3,(H,8,11)(H,9,10);3-4H,6H2,1-2H3,(H,7,8);1H3/p+1/t30-,31+,39-,40+,41+,42-,60?;23-,24-,25+,34-;5-;4-;/m0011./s1/i1D3,2D3,3D3,4D3,25D,26D,40D,41D;;1D3,2D3,4D,5D;1D3,2D3,3D,4D;. The molecule has 4 bridgehead atoms. The molecule has 134 heavy (non-hydrogen) atoms. The van der Waals surface area contributed by atoms with Crippen LogP contribution in [0.4, 0.5) is 36.7 Å². The van der Waals surface area contributed by atoms with Crippen molar-refractivity contribution in [3.8, 4) is 67.0 Å². The minimum Gasteiger partial charge on any atom is -0.480 e. The lowest BCUT2D eigenvalue weighted by Crippen LogP contribution is -2.59. The Kier molecular flexibility index (Phi) is 17.4. The zero-order valence-corrected chi connectivity index (χ0v) is 73.6. The molecule has 10 aliphatic rings. The average Bonchev–Trinajstić information content (AvgIpc) is 1.36. The van der Waals surface area contributed by atoms with E-state index in [0.29, 0.717) is 88.7 Å². The summed E-state index contributed by atoms with van der Waals surface area (Å²) in [5, 5.41) is 26.2. The second-order valence-electron chi connectivity index (χ2n) is 35.5. The summed E-state index contributed by atoms with van der Waals surface area (Å²) in [5.74, 6) is -27.0. The number of imidazole rings is 3. The molecular weight excluding hydrogens is 1740 g/mol. The number of nitrogens with zero attached hydrogens (tertiary/aromatic N) is 5. The van der Waals surface area contributed by atoms with Crippen molar-refractivity contribution in [2.75, 3.05) is 42.0 Å². The van der Waals surface area contributed by atoms with E-state index in [1.54, 1.807) is 53.8 Å². The predicted octanol–water partition coefficient (Wildman–Crippen LogP) is 19.5. The number of halogens is 5. The van der Waals surface area contributed by atoms with Gasteiger partial charge in [0.1, 0.15) is 35.7 Å². The molecule has 7 heterocycles. The van der Waals surface area contributed by atoms with E-state index in [1.165, 1.54) is 101 Å². The fourth-order valence-electron chi connectivity index (χ4n) is 20.4. The van der Waals surface area contributed by atoms with Gasteiger partial charge < -0.3 is 81.0 Å². The van der Waals surface area contributed by atoms with E-state index in [2.05, 4.69) is 79.0 Å². The number of nitrogens with two attached hydrogens (primary N) is 1. The minimum atomic E-state index is -3.90. The van der Waals surface area contributed by atoms with Crippen molar-refractivity contribution in [3.05, 3.63) is 173 Å². The van der Waals surface area contributed by atoms with Gasteiger partial charge >= 0.3 is 41.6 Å². The number of alkyl carbamates (subject to hydrolysis) is 3. The number of hydrogen-bond acceptors (Lipinski definition) is 17. The van der Waals surface area contributed by atoms with Crippen LogP contribution in [0.3, 0.4) is 0 Å². The number of quaternary nitrogens is 1. The summed E-state index contributed by atoms with van der Waals surface area (Å²) in [6.07, 6.45) is 9.87. The molecule has 2 spiro atoms. The molecule has 4 aromatic heterocycles. The van der Waals surface area contributed by atoms with Crippen LogP contribution in [0.25, 0.3) is 89.1 Å². The van der Waals surface area contributed by atoms with Crippen LogP contribution in [0.2, 0.25) is 0 Å². The number of ether oxygens (including phenoxy) is 4. The van der Waals surface area contributed by atoms with E-state index in [-0.39, 0.29) is 81.2 Å². The molecule has 0 radical (unpaired) electrons. The molecule has 3 aliphatic heterocycles. The Labute approximate surface area is 824 Å². The summed E-state index contributed by atoms with van der Waals surface area (Å²) in [6, 6.07) is 19.2. The number of benzene rings is 6. The first-order chi connectivity index (χ1) is 76.3. The van der Waals surface area contributed by atoms with Gasteiger partial charge in [-0.15, -0.1) is 0 Å². The number of amides is 5. The lowest BCUT2D eigenvalue weighted by molar-refractivity contribution is -0.856. The van der Waals surface area contributed by atoms with E-state index in [4.69, 9.17) is 67.0 Å². The summed E-state index contributed by atoms with van der Waals surface area (Å²) >= 11 is 4.60. The average molecular weight is 1900 g/mol. The molecule has 13 atom stereocenters. The lowest BCUT2D eigenvalue weighted by atomic mass is 9.95. The Hall–Kier alpha value is -12.0. The second kappa shape index (κ2) is 37.3. The number of H-pyrrole nitrogens is 4. The molecule has 5 saturated carbocycles. The van der Waals surface area contributed by atoms with Crippen LogP contribution in [-0.4, -0.2) is 180 Å². The maximum Gasteiger partial charge on any atom is 0.407 e. The van der Waals surface area contributed by atoms with Crippen molar-refractivity contribution in [1.29, 1.82) is 0 Å². The van der Waals surface area contributed by atoms with Crippen LogP contribution < -0.4 is 27.0 Å². The van der Waals surface area contributed by atoms with Gasteiger partial charge in [-0.05, 0) is 241 Å². The number of carbonyl (C=O) groups is 8. The molecule has 5 amide bonds. The van der Waals surface area contributed by atoms with Gasteiger partial charge in [-0.1, -0.05) is 115 Å². The molecule has 20 rings (SSSR count). The quantitative estimate of drug-likeness (QED) is 0.0155. The van der Waals surface area contributed by atoms with Gasteiger partial charge in [0.25, 0.3) is 11.8 Å². The number of rotatable bonds is 19.